The van der Waals surface area contributed by atoms with E-state index in [2.05, 4.69) is 34.5 Å². The summed E-state index contributed by atoms with van der Waals surface area (Å²) in [6.07, 6.45) is 2.52. The third-order valence-corrected chi connectivity index (χ3v) is 7.86. The minimum Gasteiger partial charge on any atom is -0.351 e. The molecule has 3 aromatic rings. The van der Waals surface area contributed by atoms with E-state index in [1.165, 1.54) is 6.42 Å². The van der Waals surface area contributed by atoms with Gasteiger partial charge in [0.25, 0.3) is 5.91 Å². The van der Waals surface area contributed by atoms with Gasteiger partial charge in [0.1, 0.15) is 5.82 Å². The minimum atomic E-state index is -0.462. The standard InChI is InChI=1S/C31H41N7O3/c1-21(2)10-11-36-12-14-37(15-13-36)41-31(40)32-18-25-8-7-24(17-23(25)4)30(39)38-20-26-19-33-35(5)29(26)34-27-16-22(3)6-9-28(27)38/h6-9,16-17,19,21,34H,10-15,18,20H2,1-5H3,(H,32,40). The van der Waals surface area contributed by atoms with Gasteiger partial charge in [-0.1, -0.05) is 26.0 Å². The summed E-state index contributed by atoms with van der Waals surface area (Å²) in [5, 5.41) is 12.4. The van der Waals surface area contributed by atoms with Gasteiger partial charge in [-0.05, 0) is 73.7 Å². The number of benzene rings is 2. The molecule has 2 aliphatic rings. The summed E-state index contributed by atoms with van der Waals surface area (Å²) in [5.74, 6) is 1.47. The first-order chi connectivity index (χ1) is 19.7. The topological polar surface area (TPSA) is 95.0 Å². The number of anilines is 3. The number of carbonyl (C=O) groups excluding carboxylic acids is 2. The average Bonchev–Trinajstić information content (AvgIpc) is 3.19. The summed E-state index contributed by atoms with van der Waals surface area (Å²) in [4.78, 5) is 36.1. The van der Waals surface area contributed by atoms with E-state index < -0.39 is 6.09 Å². The molecule has 0 radical (unpaired) electrons. The highest BCUT2D eigenvalue weighted by atomic mass is 16.7. The van der Waals surface area contributed by atoms with E-state index in [1.807, 2.05) is 57.3 Å². The highest BCUT2D eigenvalue weighted by Crippen LogP contribution is 2.37. The lowest BCUT2D eigenvalue weighted by Gasteiger charge is -2.33. The number of rotatable bonds is 7. The van der Waals surface area contributed by atoms with Gasteiger partial charge in [0, 0.05) is 50.9 Å². The first-order valence-corrected chi connectivity index (χ1v) is 14.4. The molecular formula is C31H41N7O3. The van der Waals surface area contributed by atoms with Crippen LogP contribution in [0.3, 0.4) is 0 Å². The fourth-order valence-electron chi connectivity index (χ4n) is 5.29. The molecule has 5 rings (SSSR count). The third-order valence-electron chi connectivity index (χ3n) is 7.86. The van der Waals surface area contributed by atoms with E-state index in [1.54, 1.807) is 20.8 Å². The van der Waals surface area contributed by atoms with Gasteiger partial charge in [-0.25, -0.2) is 4.79 Å². The van der Waals surface area contributed by atoms with E-state index in [4.69, 9.17) is 4.84 Å². The van der Waals surface area contributed by atoms with Crippen LogP contribution < -0.4 is 15.5 Å². The molecule has 2 N–H and O–H groups in total. The number of hydroxylamine groups is 2. The first-order valence-electron chi connectivity index (χ1n) is 14.4. The van der Waals surface area contributed by atoms with Crippen LogP contribution in [0.4, 0.5) is 22.0 Å². The highest BCUT2D eigenvalue weighted by Gasteiger charge is 2.27. The molecule has 2 amide bonds. The number of nitrogens with one attached hydrogen (secondary N) is 2. The molecule has 0 atom stereocenters. The predicted octanol–water partition coefficient (Wildman–Crippen LogP) is 4.75. The Hall–Kier alpha value is -3.89. The Morgan fingerprint density at radius 1 is 1.07 bits per heavy atom. The van der Waals surface area contributed by atoms with E-state index >= 15 is 0 Å². The minimum absolute atomic E-state index is 0.0943. The van der Waals surface area contributed by atoms with E-state index in [0.29, 0.717) is 37.7 Å². The van der Waals surface area contributed by atoms with Gasteiger partial charge in [-0.2, -0.15) is 5.10 Å². The van der Waals surface area contributed by atoms with Crippen LogP contribution in [0.15, 0.2) is 42.6 Å². The number of nitrogens with zero attached hydrogens (tertiary/aromatic N) is 5. The van der Waals surface area contributed by atoms with Crippen LogP contribution in [0, 0.1) is 19.8 Å². The molecule has 0 saturated carbocycles. The SMILES string of the molecule is Cc1ccc2c(c1)Nc1c(cnn1C)CN2C(=O)c1ccc(CNC(=O)ON2CCN(CCC(C)C)CC2)c(C)c1. The summed E-state index contributed by atoms with van der Waals surface area (Å²) >= 11 is 0. The van der Waals surface area contributed by atoms with E-state index in [9.17, 15) is 9.59 Å². The summed E-state index contributed by atoms with van der Waals surface area (Å²) in [6, 6.07) is 11.7. The van der Waals surface area contributed by atoms with Crippen LogP contribution in [0.5, 0.6) is 0 Å². The van der Waals surface area contributed by atoms with Crippen molar-refractivity contribution in [1.29, 1.82) is 0 Å². The second kappa shape index (κ2) is 12.3. The maximum atomic E-state index is 13.8. The predicted molar refractivity (Wildman–Crippen MR) is 160 cm³/mol. The largest absolute Gasteiger partial charge is 0.426 e. The Balaban J connectivity index is 1.20. The number of aryl methyl sites for hydroxylation is 3. The summed E-state index contributed by atoms with van der Waals surface area (Å²) in [7, 11) is 1.89. The Morgan fingerprint density at radius 2 is 1.85 bits per heavy atom. The molecule has 2 aliphatic heterocycles. The molecule has 1 fully saturated rings. The molecule has 3 heterocycles. The maximum Gasteiger partial charge on any atom is 0.426 e. The monoisotopic (exact) mass is 559 g/mol. The Morgan fingerprint density at radius 3 is 2.59 bits per heavy atom. The second-order valence-electron chi connectivity index (χ2n) is 11.5. The van der Waals surface area contributed by atoms with E-state index in [0.717, 1.165) is 59.1 Å². The van der Waals surface area contributed by atoms with Crippen molar-refractivity contribution < 1.29 is 14.4 Å². The van der Waals surface area contributed by atoms with Gasteiger partial charge in [0.05, 0.1) is 24.1 Å². The molecule has 218 valence electrons. The molecule has 10 heteroatoms. The van der Waals surface area contributed by atoms with Crippen molar-refractivity contribution in [2.45, 2.75) is 47.2 Å². The van der Waals surface area contributed by atoms with Crippen molar-refractivity contribution in [2.24, 2.45) is 13.0 Å². The molecule has 1 saturated heterocycles. The lowest BCUT2D eigenvalue weighted by atomic mass is 10.0. The van der Waals surface area contributed by atoms with Crippen LogP contribution in [0.1, 0.15) is 52.9 Å². The molecule has 1 aromatic heterocycles. The zero-order chi connectivity index (χ0) is 29.1. The lowest BCUT2D eigenvalue weighted by Crippen LogP contribution is -2.48. The molecule has 2 aromatic carbocycles. The van der Waals surface area contributed by atoms with Crippen LogP contribution in [-0.2, 0) is 25.0 Å². The number of fused-ring (bicyclic) bond motifs is 2. The molecule has 10 nitrogen and oxygen atoms in total. The van der Waals surface area contributed by atoms with Gasteiger partial charge in [0.2, 0.25) is 0 Å². The number of piperazine rings is 1. The smallest absolute Gasteiger partial charge is 0.351 e. The molecule has 0 bridgehead atoms. The fraction of sp³-hybridized carbons (Fsp3) is 0.452. The Bertz CT molecular complexity index is 1410. The van der Waals surface area contributed by atoms with Crippen molar-refractivity contribution in [1.82, 2.24) is 25.1 Å². The number of hydrogen-bond donors (Lipinski definition) is 2. The average molecular weight is 560 g/mol. The molecular weight excluding hydrogens is 518 g/mol. The zero-order valence-corrected chi connectivity index (χ0v) is 24.7. The van der Waals surface area contributed by atoms with Gasteiger partial charge in [-0.3, -0.25) is 9.48 Å². The van der Waals surface area contributed by atoms with Crippen LogP contribution in [0.25, 0.3) is 0 Å². The Kier molecular flexibility index (Phi) is 8.60. The summed E-state index contributed by atoms with van der Waals surface area (Å²) in [5.41, 5.74) is 6.18. The van der Waals surface area contributed by atoms with Crippen molar-refractivity contribution in [3.8, 4) is 0 Å². The van der Waals surface area contributed by atoms with Crippen molar-refractivity contribution in [3.05, 3.63) is 70.4 Å². The molecule has 0 unspecified atom stereocenters. The second-order valence-corrected chi connectivity index (χ2v) is 11.5. The number of hydrogen-bond acceptors (Lipinski definition) is 7. The van der Waals surface area contributed by atoms with Crippen molar-refractivity contribution >= 4 is 29.2 Å². The quantitative estimate of drug-likeness (QED) is 0.432. The molecule has 0 spiro atoms. The summed E-state index contributed by atoms with van der Waals surface area (Å²) < 4.78 is 1.79. The highest BCUT2D eigenvalue weighted by molar-refractivity contribution is 6.08. The Labute approximate surface area is 242 Å². The number of carbonyl (C=O) groups is 2. The van der Waals surface area contributed by atoms with Crippen molar-refractivity contribution in [2.75, 3.05) is 42.9 Å². The van der Waals surface area contributed by atoms with Crippen LogP contribution in [0.2, 0.25) is 0 Å². The third kappa shape index (κ3) is 6.71. The van der Waals surface area contributed by atoms with Crippen LogP contribution in [-0.4, -0.2) is 64.5 Å². The van der Waals surface area contributed by atoms with Crippen molar-refractivity contribution in [3.63, 3.8) is 0 Å². The van der Waals surface area contributed by atoms with Gasteiger partial charge >= 0.3 is 6.09 Å². The van der Waals surface area contributed by atoms with Gasteiger partial charge in [0.15, 0.2) is 0 Å². The maximum absolute atomic E-state index is 13.8. The summed E-state index contributed by atoms with van der Waals surface area (Å²) in [6.45, 7) is 13.5. The first kappa shape index (κ1) is 28.6. The van der Waals surface area contributed by atoms with Gasteiger partial charge < -0.3 is 25.3 Å². The normalized spacial score (nSPS) is 15.6. The fourth-order valence-corrected chi connectivity index (χ4v) is 5.29. The zero-order valence-electron chi connectivity index (χ0n) is 24.7. The molecule has 41 heavy (non-hydrogen) atoms. The van der Waals surface area contributed by atoms with Crippen LogP contribution >= 0.6 is 0 Å². The number of aromatic nitrogens is 2. The lowest BCUT2D eigenvalue weighted by molar-refractivity contribution is -0.123. The van der Waals surface area contributed by atoms with E-state index in [-0.39, 0.29) is 5.91 Å². The molecule has 0 aliphatic carbocycles. The number of amides is 2. The van der Waals surface area contributed by atoms with Gasteiger partial charge in [-0.15, -0.1) is 5.06 Å².